The molecule has 0 saturated carbocycles. The molecule has 4 nitrogen and oxygen atoms in total. The van der Waals surface area contributed by atoms with Crippen molar-refractivity contribution >= 4 is 17.3 Å². The molecule has 2 unspecified atom stereocenters. The average molecular weight is 275 g/mol. The zero-order chi connectivity index (χ0) is 14.5. The number of anilines is 2. The van der Waals surface area contributed by atoms with Gasteiger partial charge >= 0.3 is 0 Å². The molecule has 1 aromatic rings. The van der Waals surface area contributed by atoms with Crippen molar-refractivity contribution in [3.8, 4) is 0 Å². The third-order valence-electron chi connectivity index (χ3n) is 3.98. The van der Waals surface area contributed by atoms with Gasteiger partial charge in [-0.1, -0.05) is 13.0 Å². The maximum atomic E-state index is 12.1. The van der Waals surface area contributed by atoms with Crippen LogP contribution in [-0.2, 0) is 4.79 Å². The minimum atomic E-state index is 0.0900. The van der Waals surface area contributed by atoms with Gasteiger partial charge in [0, 0.05) is 37.9 Å². The van der Waals surface area contributed by atoms with Crippen molar-refractivity contribution in [3.63, 3.8) is 0 Å². The zero-order valence-electron chi connectivity index (χ0n) is 12.6. The van der Waals surface area contributed by atoms with Crippen LogP contribution < -0.4 is 15.5 Å². The van der Waals surface area contributed by atoms with Gasteiger partial charge in [0.05, 0.1) is 0 Å². The fraction of sp³-hybridized carbons (Fsp3) is 0.562. The van der Waals surface area contributed by atoms with Crippen molar-refractivity contribution in [2.75, 3.05) is 30.9 Å². The molecule has 1 aliphatic rings. The fourth-order valence-corrected chi connectivity index (χ4v) is 2.66. The Balaban J connectivity index is 1.92. The van der Waals surface area contributed by atoms with E-state index in [0.717, 1.165) is 17.9 Å². The van der Waals surface area contributed by atoms with Crippen molar-refractivity contribution in [2.45, 2.75) is 32.2 Å². The van der Waals surface area contributed by atoms with Crippen molar-refractivity contribution in [1.29, 1.82) is 0 Å². The summed E-state index contributed by atoms with van der Waals surface area (Å²) in [6, 6.07) is 8.23. The van der Waals surface area contributed by atoms with E-state index in [1.807, 2.05) is 43.3 Å². The molecule has 2 N–H and O–H groups in total. The summed E-state index contributed by atoms with van der Waals surface area (Å²) < 4.78 is 0. The molecular weight excluding hydrogens is 250 g/mol. The topological polar surface area (TPSA) is 44.4 Å². The number of nitrogens with zero attached hydrogens (tertiary/aromatic N) is 1. The number of hydrogen-bond donors (Lipinski definition) is 2. The standard InChI is InChI=1S/C16H25N3O/c1-12-6-5-9-17-15(12)11-16(20)18-13-7-4-8-14(10-13)19(2)3/h4,7-8,10,12,15,17H,5-6,9,11H2,1-3H3,(H,18,20). The lowest BCUT2D eigenvalue weighted by Crippen LogP contribution is -2.42. The van der Waals surface area contributed by atoms with E-state index < -0.39 is 0 Å². The number of carbonyl (C=O) groups is 1. The van der Waals surface area contributed by atoms with Crippen LogP contribution in [0, 0.1) is 5.92 Å². The summed E-state index contributed by atoms with van der Waals surface area (Å²) in [5.74, 6) is 0.662. The van der Waals surface area contributed by atoms with Crippen molar-refractivity contribution in [2.24, 2.45) is 5.92 Å². The largest absolute Gasteiger partial charge is 0.378 e. The van der Waals surface area contributed by atoms with E-state index in [1.54, 1.807) is 0 Å². The second kappa shape index (κ2) is 6.75. The highest BCUT2D eigenvalue weighted by atomic mass is 16.1. The van der Waals surface area contributed by atoms with E-state index in [4.69, 9.17) is 0 Å². The van der Waals surface area contributed by atoms with Crippen LogP contribution in [0.4, 0.5) is 11.4 Å². The van der Waals surface area contributed by atoms with Gasteiger partial charge in [0.1, 0.15) is 0 Å². The molecule has 110 valence electrons. The smallest absolute Gasteiger partial charge is 0.225 e. The quantitative estimate of drug-likeness (QED) is 0.887. The number of hydrogen-bond acceptors (Lipinski definition) is 3. The maximum absolute atomic E-state index is 12.1. The van der Waals surface area contributed by atoms with E-state index in [-0.39, 0.29) is 5.91 Å². The van der Waals surface area contributed by atoms with Crippen LogP contribution in [-0.4, -0.2) is 32.6 Å². The molecule has 1 fully saturated rings. The first-order valence-electron chi connectivity index (χ1n) is 7.37. The van der Waals surface area contributed by atoms with Crippen LogP contribution in [0.1, 0.15) is 26.2 Å². The molecule has 1 aromatic carbocycles. The molecular formula is C16H25N3O. The Morgan fingerprint density at radius 1 is 1.45 bits per heavy atom. The van der Waals surface area contributed by atoms with E-state index in [9.17, 15) is 4.79 Å². The minimum Gasteiger partial charge on any atom is -0.378 e. The molecule has 1 saturated heterocycles. The van der Waals surface area contributed by atoms with Gasteiger partial charge in [-0.15, -0.1) is 0 Å². The summed E-state index contributed by atoms with van der Waals surface area (Å²) in [5, 5.41) is 6.45. The zero-order valence-corrected chi connectivity index (χ0v) is 12.6. The number of piperidine rings is 1. The van der Waals surface area contributed by atoms with Crippen LogP contribution in [0.2, 0.25) is 0 Å². The third-order valence-corrected chi connectivity index (χ3v) is 3.98. The lowest BCUT2D eigenvalue weighted by molar-refractivity contribution is -0.117. The Morgan fingerprint density at radius 2 is 2.25 bits per heavy atom. The number of amides is 1. The molecule has 1 amide bonds. The summed E-state index contributed by atoms with van der Waals surface area (Å²) in [7, 11) is 3.99. The highest BCUT2D eigenvalue weighted by Gasteiger charge is 2.23. The summed E-state index contributed by atoms with van der Waals surface area (Å²) in [5.41, 5.74) is 1.96. The number of rotatable bonds is 4. The van der Waals surface area contributed by atoms with Crippen LogP contribution in [0.3, 0.4) is 0 Å². The van der Waals surface area contributed by atoms with E-state index in [2.05, 4.69) is 17.6 Å². The molecule has 0 radical (unpaired) electrons. The summed E-state index contributed by atoms with van der Waals surface area (Å²) in [6.07, 6.45) is 2.97. The Morgan fingerprint density at radius 3 is 2.95 bits per heavy atom. The second-order valence-electron chi connectivity index (χ2n) is 5.88. The van der Waals surface area contributed by atoms with Gasteiger partial charge in [0.2, 0.25) is 5.91 Å². The molecule has 2 atom stereocenters. The maximum Gasteiger partial charge on any atom is 0.225 e. The molecule has 0 aromatic heterocycles. The molecule has 0 spiro atoms. The Bertz CT molecular complexity index is 459. The number of benzene rings is 1. The highest BCUT2D eigenvalue weighted by molar-refractivity contribution is 5.91. The minimum absolute atomic E-state index is 0.0900. The van der Waals surface area contributed by atoms with Gasteiger partial charge < -0.3 is 15.5 Å². The lowest BCUT2D eigenvalue weighted by atomic mass is 9.90. The van der Waals surface area contributed by atoms with Crippen molar-refractivity contribution < 1.29 is 4.79 Å². The SMILES string of the molecule is CC1CCCNC1CC(=O)Nc1cccc(N(C)C)c1. The summed E-state index contributed by atoms with van der Waals surface area (Å²) in [6.45, 7) is 3.25. The Labute approximate surface area is 121 Å². The summed E-state index contributed by atoms with van der Waals surface area (Å²) in [4.78, 5) is 14.2. The predicted molar refractivity (Wildman–Crippen MR) is 84.2 cm³/mol. The van der Waals surface area contributed by atoms with Crippen LogP contribution >= 0.6 is 0 Å². The third kappa shape index (κ3) is 3.97. The Hall–Kier alpha value is -1.55. The monoisotopic (exact) mass is 275 g/mol. The Kier molecular flexibility index (Phi) is 5.01. The van der Waals surface area contributed by atoms with Crippen LogP contribution in [0.15, 0.2) is 24.3 Å². The van der Waals surface area contributed by atoms with Crippen molar-refractivity contribution in [3.05, 3.63) is 24.3 Å². The van der Waals surface area contributed by atoms with Gasteiger partial charge in [-0.05, 0) is 43.5 Å². The van der Waals surface area contributed by atoms with Crippen LogP contribution in [0.5, 0.6) is 0 Å². The van der Waals surface area contributed by atoms with Gasteiger partial charge in [0.15, 0.2) is 0 Å². The van der Waals surface area contributed by atoms with Gasteiger partial charge in [-0.3, -0.25) is 4.79 Å². The van der Waals surface area contributed by atoms with Crippen molar-refractivity contribution in [1.82, 2.24) is 5.32 Å². The lowest BCUT2D eigenvalue weighted by Gasteiger charge is -2.29. The normalized spacial score (nSPS) is 22.4. The highest BCUT2D eigenvalue weighted by Crippen LogP contribution is 2.20. The molecule has 1 aliphatic heterocycles. The fourth-order valence-electron chi connectivity index (χ4n) is 2.66. The second-order valence-corrected chi connectivity index (χ2v) is 5.88. The van der Waals surface area contributed by atoms with Gasteiger partial charge in [-0.2, -0.15) is 0 Å². The van der Waals surface area contributed by atoms with E-state index >= 15 is 0 Å². The van der Waals surface area contributed by atoms with Gasteiger partial charge in [-0.25, -0.2) is 0 Å². The molecule has 20 heavy (non-hydrogen) atoms. The predicted octanol–water partition coefficient (Wildman–Crippen LogP) is 2.47. The first kappa shape index (κ1) is 14.9. The van der Waals surface area contributed by atoms with E-state index in [1.165, 1.54) is 12.8 Å². The first-order valence-corrected chi connectivity index (χ1v) is 7.37. The van der Waals surface area contributed by atoms with Gasteiger partial charge in [0.25, 0.3) is 0 Å². The molecule has 0 aliphatic carbocycles. The molecule has 2 rings (SSSR count). The first-order chi connectivity index (χ1) is 9.56. The molecule has 4 heteroatoms. The number of nitrogens with one attached hydrogen (secondary N) is 2. The molecule has 0 bridgehead atoms. The molecule has 1 heterocycles. The van der Waals surface area contributed by atoms with E-state index in [0.29, 0.717) is 18.4 Å². The number of carbonyl (C=O) groups excluding carboxylic acids is 1. The van der Waals surface area contributed by atoms with Crippen LogP contribution in [0.25, 0.3) is 0 Å². The average Bonchev–Trinajstić information content (AvgIpc) is 2.41. The summed E-state index contributed by atoms with van der Waals surface area (Å²) >= 11 is 0.